The van der Waals surface area contributed by atoms with E-state index in [2.05, 4.69) is 15.9 Å². The van der Waals surface area contributed by atoms with E-state index >= 15 is 0 Å². The summed E-state index contributed by atoms with van der Waals surface area (Å²) in [4.78, 5) is 14.2. The minimum Gasteiger partial charge on any atom is -0.396 e. The van der Waals surface area contributed by atoms with E-state index in [1.807, 2.05) is 0 Å². The lowest BCUT2D eigenvalue weighted by Gasteiger charge is -2.37. The summed E-state index contributed by atoms with van der Waals surface area (Å²) < 4.78 is 14.3. The van der Waals surface area contributed by atoms with Gasteiger partial charge in [-0.2, -0.15) is 0 Å². The summed E-state index contributed by atoms with van der Waals surface area (Å²) in [6.45, 7) is 0.510. The first-order chi connectivity index (χ1) is 9.15. The van der Waals surface area contributed by atoms with Gasteiger partial charge >= 0.3 is 0 Å². The second-order valence-electron chi connectivity index (χ2n) is 4.76. The van der Waals surface area contributed by atoms with Crippen molar-refractivity contribution in [2.45, 2.75) is 31.7 Å². The number of aliphatic hydroxyl groups is 1. The summed E-state index contributed by atoms with van der Waals surface area (Å²) in [6.07, 6.45) is 3.55. The van der Waals surface area contributed by atoms with Crippen LogP contribution in [0.25, 0.3) is 0 Å². The quantitative estimate of drug-likeness (QED) is 0.902. The van der Waals surface area contributed by atoms with Gasteiger partial charge in [-0.15, -0.1) is 0 Å². The van der Waals surface area contributed by atoms with Gasteiger partial charge in [0.25, 0.3) is 5.91 Å². The van der Waals surface area contributed by atoms with Crippen LogP contribution < -0.4 is 0 Å². The molecule has 1 aliphatic carbocycles. The molecule has 0 radical (unpaired) electrons. The van der Waals surface area contributed by atoms with E-state index in [4.69, 9.17) is 5.11 Å². The molecule has 0 aromatic heterocycles. The second kappa shape index (κ2) is 6.48. The van der Waals surface area contributed by atoms with E-state index in [1.165, 1.54) is 6.07 Å². The third-order valence-corrected chi connectivity index (χ3v) is 4.17. The first-order valence-corrected chi connectivity index (χ1v) is 7.30. The van der Waals surface area contributed by atoms with Gasteiger partial charge in [-0.1, -0.05) is 6.07 Å². The molecule has 2 rings (SSSR count). The van der Waals surface area contributed by atoms with E-state index in [0.717, 1.165) is 19.3 Å². The van der Waals surface area contributed by atoms with E-state index < -0.39 is 5.82 Å². The lowest BCUT2D eigenvalue weighted by Crippen LogP contribution is -2.45. The van der Waals surface area contributed by atoms with Gasteiger partial charge in [0.15, 0.2) is 0 Å². The molecule has 0 spiro atoms. The molecule has 1 aromatic rings. The first kappa shape index (κ1) is 14.5. The van der Waals surface area contributed by atoms with Gasteiger partial charge in [0, 0.05) is 23.7 Å². The van der Waals surface area contributed by atoms with E-state index in [9.17, 15) is 9.18 Å². The Balaban J connectivity index is 2.22. The summed E-state index contributed by atoms with van der Waals surface area (Å²) in [7, 11) is 0. The molecule has 1 saturated carbocycles. The number of amides is 1. The zero-order valence-electron chi connectivity index (χ0n) is 10.6. The zero-order valence-corrected chi connectivity index (χ0v) is 12.2. The van der Waals surface area contributed by atoms with Crippen LogP contribution in [-0.4, -0.2) is 35.1 Å². The highest BCUT2D eigenvalue weighted by Crippen LogP contribution is 2.29. The van der Waals surface area contributed by atoms with Crippen LogP contribution in [0.2, 0.25) is 0 Å². The van der Waals surface area contributed by atoms with Crippen LogP contribution in [0.5, 0.6) is 0 Å². The Labute approximate surface area is 120 Å². The molecule has 0 bridgehead atoms. The summed E-state index contributed by atoms with van der Waals surface area (Å²) in [5, 5.41) is 8.93. The molecule has 0 aliphatic heterocycles. The van der Waals surface area contributed by atoms with E-state index in [0.29, 0.717) is 17.4 Å². The molecule has 0 heterocycles. The average Bonchev–Trinajstić information content (AvgIpc) is 2.31. The van der Waals surface area contributed by atoms with Crippen molar-refractivity contribution in [3.63, 3.8) is 0 Å². The van der Waals surface area contributed by atoms with Gasteiger partial charge < -0.3 is 10.0 Å². The highest BCUT2D eigenvalue weighted by Gasteiger charge is 2.31. The zero-order chi connectivity index (χ0) is 13.8. The fraction of sp³-hybridized carbons (Fsp3) is 0.500. The summed E-state index contributed by atoms with van der Waals surface area (Å²) in [5.74, 6) is -0.796. The molecule has 19 heavy (non-hydrogen) atoms. The van der Waals surface area contributed by atoms with Crippen molar-refractivity contribution in [2.24, 2.45) is 0 Å². The van der Waals surface area contributed by atoms with Gasteiger partial charge in [-0.05, 0) is 53.7 Å². The Hall–Kier alpha value is -0.940. The first-order valence-electron chi connectivity index (χ1n) is 6.51. The van der Waals surface area contributed by atoms with Gasteiger partial charge in [-0.25, -0.2) is 4.39 Å². The van der Waals surface area contributed by atoms with Crippen LogP contribution in [0.1, 0.15) is 36.0 Å². The fourth-order valence-electron chi connectivity index (χ4n) is 2.24. The maximum atomic E-state index is 13.8. The highest BCUT2D eigenvalue weighted by molar-refractivity contribution is 9.10. The largest absolute Gasteiger partial charge is 0.396 e. The molecule has 0 unspecified atom stereocenters. The fourth-order valence-corrected chi connectivity index (χ4v) is 2.75. The standard InChI is InChI=1S/C14H17BrFNO2/c15-11-6-2-7-12(16)13(11)14(19)17(8-3-9-18)10-4-1-5-10/h2,6-7,10,18H,1,3-5,8-9H2. The molecule has 104 valence electrons. The number of carbonyl (C=O) groups is 1. The number of hydrogen-bond donors (Lipinski definition) is 1. The molecular formula is C14H17BrFNO2. The van der Waals surface area contributed by atoms with Gasteiger partial charge in [0.05, 0.1) is 5.56 Å². The molecule has 3 nitrogen and oxygen atoms in total. The SMILES string of the molecule is O=C(c1c(F)cccc1Br)N(CCCO)C1CCC1. The maximum Gasteiger partial charge on any atom is 0.258 e. The predicted octanol–water partition coefficient (Wildman–Crippen LogP) is 2.97. The number of halogens is 2. The number of carbonyl (C=O) groups excluding carboxylic acids is 1. The Morgan fingerprint density at radius 1 is 1.47 bits per heavy atom. The predicted molar refractivity (Wildman–Crippen MR) is 74.5 cm³/mol. The van der Waals surface area contributed by atoms with Crippen molar-refractivity contribution in [2.75, 3.05) is 13.2 Å². The van der Waals surface area contributed by atoms with Crippen LogP contribution in [0.15, 0.2) is 22.7 Å². The molecule has 0 saturated heterocycles. The van der Waals surface area contributed by atoms with Crippen LogP contribution in [0.3, 0.4) is 0 Å². The molecular weight excluding hydrogens is 313 g/mol. The molecule has 5 heteroatoms. The Kier molecular flexibility index (Phi) is 4.93. The lowest BCUT2D eigenvalue weighted by atomic mass is 9.90. The van der Waals surface area contributed by atoms with Gasteiger partial charge in [0.1, 0.15) is 5.82 Å². The monoisotopic (exact) mass is 329 g/mol. The van der Waals surface area contributed by atoms with Crippen LogP contribution in [0.4, 0.5) is 4.39 Å². The smallest absolute Gasteiger partial charge is 0.258 e. The van der Waals surface area contributed by atoms with Gasteiger partial charge in [0.2, 0.25) is 0 Å². The van der Waals surface area contributed by atoms with E-state index in [1.54, 1.807) is 17.0 Å². The molecule has 0 atom stereocenters. The molecule has 1 amide bonds. The molecule has 1 N–H and O–H groups in total. The van der Waals surface area contributed by atoms with Crippen LogP contribution >= 0.6 is 15.9 Å². The Morgan fingerprint density at radius 2 is 2.21 bits per heavy atom. The average molecular weight is 330 g/mol. The summed E-state index contributed by atoms with van der Waals surface area (Å²) in [5.41, 5.74) is 0.0901. The molecule has 1 aromatic carbocycles. The minimum absolute atomic E-state index is 0.0366. The maximum absolute atomic E-state index is 13.8. The second-order valence-corrected chi connectivity index (χ2v) is 5.61. The van der Waals surface area contributed by atoms with Gasteiger partial charge in [-0.3, -0.25) is 4.79 Å². The number of hydrogen-bond acceptors (Lipinski definition) is 2. The Bertz CT molecular complexity index is 443. The number of nitrogens with zero attached hydrogens (tertiary/aromatic N) is 1. The Morgan fingerprint density at radius 3 is 2.74 bits per heavy atom. The van der Waals surface area contributed by atoms with Crippen molar-refractivity contribution in [1.82, 2.24) is 4.90 Å². The third-order valence-electron chi connectivity index (χ3n) is 3.51. The number of rotatable bonds is 5. The van der Waals surface area contributed by atoms with E-state index in [-0.39, 0.29) is 24.1 Å². The third kappa shape index (κ3) is 3.15. The normalized spacial score (nSPS) is 15.1. The summed E-state index contributed by atoms with van der Waals surface area (Å²) in [6, 6.07) is 4.72. The van der Waals surface area contributed by atoms with Crippen molar-refractivity contribution in [1.29, 1.82) is 0 Å². The topological polar surface area (TPSA) is 40.5 Å². The summed E-state index contributed by atoms with van der Waals surface area (Å²) >= 11 is 3.24. The van der Waals surface area contributed by atoms with Crippen molar-refractivity contribution < 1.29 is 14.3 Å². The number of aliphatic hydroxyl groups excluding tert-OH is 1. The van der Waals surface area contributed by atoms with Crippen molar-refractivity contribution >= 4 is 21.8 Å². The van der Waals surface area contributed by atoms with Crippen molar-refractivity contribution in [3.05, 3.63) is 34.1 Å². The van der Waals surface area contributed by atoms with Crippen LogP contribution in [0, 0.1) is 5.82 Å². The minimum atomic E-state index is -0.507. The lowest BCUT2D eigenvalue weighted by molar-refractivity contribution is 0.0557. The molecule has 1 fully saturated rings. The van der Waals surface area contributed by atoms with Crippen LogP contribution in [-0.2, 0) is 0 Å². The number of benzene rings is 1. The highest BCUT2D eigenvalue weighted by atomic mass is 79.9. The molecule has 1 aliphatic rings. The van der Waals surface area contributed by atoms with Crippen molar-refractivity contribution in [3.8, 4) is 0 Å².